The molecule has 0 radical (unpaired) electrons. The van der Waals surface area contributed by atoms with Crippen molar-refractivity contribution in [3.05, 3.63) is 21.7 Å². The summed E-state index contributed by atoms with van der Waals surface area (Å²) in [7, 11) is -0.874. The van der Waals surface area contributed by atoms with Crippen molar-refractivity contribution >= 4 is 14.8 Å². The third kappa shape index (κ3) is 1.77. The largest absolute Gasteiger partial charge is 0.136 e. The Balaban J connectivity index is 3.47. The molecule has 0 aliphatic heterocycles. The average molecular weight is 212 g/mol. The Labute approximate surface area is 84.3 Å². The summed E-state index contributed by atoms with van der Waals surface area (Å²) in [4.78, 5) is 0. The van der Waals surface area contributed by atoms with E-state index < -0.39 is 7.74 Å². The van der Waals surface area contributed by atoms with Gasteiger partial charge in [-0.2, -0.15) is 0 Å². The number of rotatable bonds is 1. The molecule has 74 valence electrons. The molecule has 0 N–H and O–H groups in total. The summed E-state index contributed by atoms with van der Waals surface area (Å²) in [5, 5.41) is 3.40. The Hall–Kier alpha value is -0.00312. The van der Waals surface area contributed by atoms with Crippen molar-refractivity contribution in [2.75, 3.05) is 0 Å². The molecule has 0 atom stereocenters. The molecule has 2 heteroatoms. The highest BCUT2D eigenvalue weighted by atomic mass is 31.4. The van der Waals surface area contributed by atoms with E-state index in [2.05, 4.69) is 47.3 Å². The van der Waals surface area contributed by atoms with E-state index in [1.165, 1.54) is 0 Å². The minimum Gasteiger partial charge on any atom is -0.136 e. The fourth-order valence-electron chi connectivity index (χ4n) is 2.14. The maximum atomic E-state index is 2.50. The highest BCUT2D eigenvalue weighted by Gasteiger charge is 2.24. The SMILES string of the molecule is Cc1c(C)c(C)p([Si](C)(C)C)c1C. The summed E-state index contributed by atoms with van der Waals surface area (Å²) in [6.07, 6.45) is 0. The molecular weight excluding hydrogens is 191 g/mol. The van der Waals surface area contributed by atoms with E-state index in [9.17, 15) is 0 Å². The van der Waals surface area contributed by atoms with Crippen molar-refractivity contribution < 1.29 is 0 Å². The molecule has 0 bridgehead atoms. The summed E-state index contributed by atoms with van der Waals surface area (Å²) in [6.45, 7) is 16.8. The minimum atomic E-state index is -0.985. The summed E-state index contributed by atoms with van der Waals surface area (Å²) in [6, 6.07) is 0. The zero-order valence-corrected chi connectivity index (χ0v) is 11.8. The molecule has 0 aliphatic carbocycles. The van der Waals surface area contributed by atoms with Crippen LogP contribution in [0.3, 0.4) is 0 Å². The fourth-order valence-corrected chi connectivity index (χ4v) is 12.7. The molecule has 1 aromatic rings. The quantitative estimate of drug-likeness (QED) is 0.597. The molecule has 0 spiro atoms. The second kappa shape index (κ2) is 3.29. The predicted octanol–water partition coefficient (Wildman–Crippen LogP) is 4.59. The molecule has 0 fully saturated rings. The summed E-state index contributed by atoms with van der Waals surface area (Å²) < 4.78 is 0. The zero-order chi connectivity index (χ0) is 10.4. The van der Waals surface area contributed by atoms with Crippen molar-refractivity contribution in [2.45, 2.75) is 47.3 Å². The maximum Gasteiger partial charge on any atom is 0.0986 e. The lowest BCUT2D eigenvalue weighted by atomic mass is 10.2. The minimum absolute atomic E-state index is 0.111. The molecule has 1 rings (SSSR count). The van der Waals surface area contributed by atoms with Crippen LogP contribution in [0.15, 0.2) is 0 Å². The maximum absolute atomic E-state index is 2.50. The molecule has 0 aromatic carbocycles. The first-order chi connectivity index (χ1) is 5.76. The highest BCUT2D eigenvalue weighted by Crippen LogP contribution is 2.50. The molecule has 0 aliphatic rings. The Bertz CT molecular complexity index is 303. The number of hydrogen-bond acceptors (Lipinski definition) is 0. The molecule has 0 saturated heterocycles. The third-order valence-corrected chi connectivity index (χ3v) is 12.4. The van der Waals surface area contributed by atoms with E-state index in [4.69, 9.17) is 0 Å². The van der Waals surface area contributed by atoms with Gasteiger partial charge in [0, 0.05) is 0 Å². The van der Waals surface area contributed by atoms with Crippen LogP contribution in [0.1, 0.15) is 21.7 Å². The van der Waals surface area contributed by atoms with Gasteiger partial charge >= 0.3 is 0 Å². The Morgan fingerprint density at radius 3 is 1.23 bits per heavy atom. The lowest BCUT2D eigenvalue weighted by Gasteiger charge is -2.19. The van der Waals surface area contributed by atoms with Crippen molar-refractivity contribution in [2.24, 2.45) is 0 Å². The Morgan fingerprint density at radius 1 is 0.769 bits per heavy atom. The molecular formula is C11H21PSi. The van der Waals surface area contributed by atoms with Crippen LogP contribution < -0.4 is 0 Å². The molecule has 0 unspecified atom stereocenters. The Kier molecular flexibility index (Phi) is 2.80. The van der Waals surface area contributed by atoms with Gasteiger partial charge in [0.1, 0.15) is 0 Å². The normalized spacial score (nSPS) is 12.2. The molecule has 1 aromatic heterocycles. The van der Waals surface area contributed by atoms with E-state index in [0.717, 1.165) is 0 Å². The first-order valence-corrected chi connectivity index (χ1v) is 10.6. The van der Waals surface area contributed by atoms with Crippen LogP contribution >= 0.6 is 7.08 Å². The van der Waals surface area contributed by atoms with E-state index in [-0.39, 0.29) is 7.08 Å². The second-order valence-corrected chi connectivity index (χ2v) is 16.6. The van der Waals surface area contributed by atoms with Crippen molar-refractivity contribution in [1.29, 1.82) is 0 Å². The van der Waals surface area contributed by atoms with Crippen LogP contribution in [0.2, 0.25) is 19.6 Å². The first kappa shape index (κ1) is 11.1. The van der Waals surface area contributed by atoms with Crippen LogP contribution in [-0.2, 0) is 0 Å². The summed E-state index contributed by atoms with van der Waals surface area (Å²) >= 11 is 0. The fraction of sp³-hybridized carbons (Fsp3) is 0.636. The monoisotopic (exact) mass is 212 g/mol. The smallest absolute Gasteiger partial charge is 0.0986 e. The van der Waals surface area contributed by atoms with Gasteiger partial charge in [-0.05, 0) is 49.4 Å². The van der Waals surface area contributed by atoms with Crippen molar-refractivity contribution in [1.82, 2.24) is 0 Å². The van der Waals surface area contributed by atoms with Gasteiger partial charge in [0.15, 0.2) is 0 Å². The van der Waals surface area contributed by atoms with Crippen LogP contribution in [0.4, 0.5) is 0 Å². The van der Waals surface area contributed by atoms with Crippen LogP contribution in [0.5, 0.6) is 0 Å². The van der Waals surface area contributed by atoms with Crippen LogP contribution in [0, 0.1) is 27.7 Å². The van der Waals surface area contributed by atoms with E-state index >= 15 is 0 Å². The lowest BCUT2D eigenvalue weighted by Crippen LogP contribution is -2.13. The third-order valence-electron chi connectivity index (χ3n) is 2.99. The molecule has 13 heavy (non-hydrogen) atoms. The predicted molar refractivity (Wildman–Crippen MR) is 66.8 cm³/mol. The average Bonchev–Trinajstić information content (AvgIpc) is 2.14. The zero-order valence-electron chi connectivity index (χ0n) is 9.95. The van der Waals surface area contributed by atoms with Gasteiger partial charge in [0.2, 0.25) is 0 Å². The second-order valence-electron chi connectivity index (χ2n) is 4.93. The van der Waals surface area contributed by atoms with Crippen molar-refractivity contribution in [3.63, 3.8) is 0 Å². The topological polar surface area (TPSA) is 0 Å². The van der Waals surface area contributed by atoms with Crippen LogP contribution in [-0.4, -0.2) is 7.74 Å². The highest BCUT2D eigenvalue weighted by molar-refractivity contribution is 7.89. The van der Waals surface area contributed by atoms with Gasteiger partial charge in [0.05, 0.1) is 7.74 Å². The van der Waals surface area contributed by atoms with Gasteiger partial charge in [-0.3, -0.25) is 0 Å². The summed E-state index contributed by atoms with van der Waals surface area (Å²) in [5.74, 6) is 0. The number of hydrogen-bond donors (Lipinski definition) is 0. The van der Waals surface area contributed by atoms with Gasteiger partial charge in [-0.25, -0.2) is 0 Å². The first-order valence-electron chi connectivity index (χ1n) is 4.92. The van der Waals surface area contributed by atoms with E-state index in [1.807, 2.05) is 0 Å². The van der Waals surface area contributed by atoms with Crippen LogP contribution in [0.25, 0.3) is 0 Å². The molecule has 0 amide bonds. The molecule has 0 nitrogen and oxygen atoms in total. The van der Waals surface area contributed by atoms with E-state index in [0.29, 0.717) is 0 Å². The summed E-state index contributed by atoms with van der Waals surface area (Å²) in [5.41, 5.74) is 3.15. The standard InChI is InChI=1S/C11H21PSi/c1-8-9(2)11(4)12(10(8)3)13(5,6)7/h1-7H3. The molecule has 1 heterocycles. The van der Waals surface area contributed by atoms with Gasteiger partial charge in [0.25, 0.3) is 0 Å². The Morgan fingerprint density at radius 2 is 1.08 bits per heavy atom. The molecule has 0 saturated carbocycles. The van der Waals surface area contributed by atoms with Gasteiger partial charge < -0.3 is 0 Å². The lowest BCUT2D eigenvalue weighted by molar-refractivity contribution is 1.32. The van der Waals surface area contributed by atoms with Gasteiger partial charge in [-0.1, -0.05) is 19.6 Å². The van der Waals surface area contributed by atoms with Crippen molar-refractivity contribution in [3.8, 4) is 0 Å². The van der Waals surface area contributed by atoms with E-state index in [1.54, 1.807) is 21.7 Å². The van der Waals surface area contributed by atoms with Gasteiger partial charge in [-0.15, -0.1) is 7.08 Å².